The fraction of sp³-hybridized carbons (Fsp3) is 0.143. The number of alkyl halides is 1. The second-order valence-corrected chi connectivity index (χ2v) is 3.67. The topological polar surface area (TPSA) is 0 Å². The van der Waals surface area contributed by atoms with Crippen molar-refractivity contribution in [2.24, 2.45) is 0 Å². The molecule has 0 unspecified atom stereocenters. The van der Waals surface area contributed by atoms with Crippen molar-refractivity contribution >= 4 is 45.8 Å². The van der Waals surface area contributed by atoms with E-state index >= 15 is 0 Å². The van der Waals surface area contributed by atoms with Crippen molar-refractivity contribution in [3.05, 3.63) is 32.4 Å². The lowest BCUT2D eigenvalue weighted by Gasteiger charge is -2.00. The van der Waals surface area contributed by atoms with Gasteiger partial charge in [0.05, 0.1) is 0 Å². The van der Waals surface area contributed by atoms with Crippen molar-refractivity contribution in [2.75, 3.05) is 0 Å². The van der Waals surface area contributed by atoms with Crippen LogP contribution in [0.1, 0.15) is 5.56 Å². The highest BCUT2D eigenvalue weighted by Gasteiger charge is 2.01. The van der Waals surface area contributed by atoms with Gasteiger partial charge >= 0.3 is 0 Å². The van der Waals surface area contributed by atoms with Crippen molar-refractivity contribution in [1.29, 1.82) is 0 Å². The molecule has 0 radical (unpaired) electrons. The monoisotopic (exact) mass is 286 g/mol. The third kappa shape index (κ3) is 1.77. The highest BCUT2D eigenvalue weighted by molar-refractivity contribution is 14.1. The molecule has 0 heterocycles. The van der Waals surface area contributed by atoms with Gasteiger partial charge in [0.25, 0.3) is 0 Å². The summed E-state index contributed by atoms with van der Waals surface area (Å²) in [6.45, 7) is 0. The number of hydrogen-bond donors (Lipinski definition) is 0. The summed E-state index contributed by atoms with van der Waals surface area (Å²) in [5.74, 6) is 0.484. The van der Waals surface area contributed by atoms with E-state index in [9.17, 15) is 0 Å². The fourth-order valence-corrected chi connectivity index (χ4v) is 2.33. The van der Waals surface area contributed by atoms with Crippen LogP contribution in [0.25, 0.3) is 0 Å². The van der Waals surface area contributed by atoms with Crippen molar-refractivity contribution in [1.82, 2.24) is 0 Å². The Balaban J connectivity index is 3.17. The minimum Gasteiger partial charge on any atom is -0.121 e. The Labute approximate surface area is 83.7 Å². The number of halogens is 3. The van der Waals surface area contributed by atoms with Crippen LogP contribution in [0.5, 0.6) is 0 Å². The lowest BCUT2D eigenvalue weighted by atomic mass is 10.2. The first kappa shape index (κ1) is 8.62. The molecule has 1 aromatic carbocycles. The van der Waals surface area contributed by atoms with Gasteiger partial charge in [-0.1, -0.05) is 17.7 Å². The maximum atomic E-state index is 5.84. The second kappa shape index (κ2) is 3.79. The molecule has 0 aliphatic rings. The summed E-state index contributed by atoms with van der Waals surface area (Å²) in [6.07, 6.45) is 0. The predicted octanol–water partition coefficient (Wildman–Crippen LogP) is 3.68. The van der Waals surface area contributed by atoms with E-state index in [1.807, 2.05) is 18.2 Å². The Morgan fingerprint density at radius 1 is 1.40 bits per heavy atom. The van der Waals surface area contributed by atoms with Crippen molar-refractivity contribution < 1.29 is 0 Å². The van der Waals surface area contributed by atoms with Crippen LogP contribution < -0.4 is 0 Å². The summed E-state index contributed by atoms with van der Waals surface area (Å²) < 4.78 is 1.13. The largest absolute Gasteiger partial charge is 0.121 e. The molecule has 10 heavy (non-hydrogen) atoms. The lowest BCUT2D eigenvalue weighted by molar-refractivity contribution is 1.37. The number of benzene rings is 1. The van der Waals surface area contributed by atoms with Crippen molar-refractivity contribution in [3.63, 3.8) is 0 Å². The first-order valence-electron chi connectivity index (χ1n) is 2.74. The van der Waals surface area contributed by atoms with Crippen molar-refractivity contribution in [3.8, 4) is 0 Å². The van der Waals surface area contributed by atoms with E-state index in [0.29, 0.717) is 5.88 Å². The summed E-state index contributed by atoms with van der Waals surface area (Å²) in [4.78, 5) is 0. The Morgan fingerprint density at radius 2 is 2.10 bits per heavy atom. The van der Waals surface area contributed by atoms with Crippen LogP contribution in [0.15, 0.2) is 18.2 Å². The summed E-state index contributed by atoms with van der Waals surface area (Å²) in [5.41, 5.74) is 1.02. The number of hydrogen-bond acceptors (Lipinski definition) is 0. The molecule has 0 bridgehead atoms. The standard InChI is InChI=1S/C7H5Cl2I/c8-4-5-6(9)2-1-3-7(5)10/h1-3H,4H2. The van der Waals surface area contributed by atoms with E-state index in [1.54, 1.807) is 0 Å². The minimum absolute atomic E-state index is 0.484. The van der Waals surface area contributed by atoms with Gasteiger partial charge in [0, 0.05) is 14.5 Å². The summed E-state index contributed by atoms with van der Waals surface area (Å²) in [7, 11) is 0. The molecule has 0 amide bonds. The maximum Gasteiger partial charge on any atom is 0.0499 e. The average molecular weight is 287 g/mol. The zero-order chi connectivity index (χ0) is 7.56. The molecular formula is C7H5Cl2I. The molecule has 1 aromatic rings. The Morgan fingerprint density at radius 3 is 2.50 bits per heavy atom. The van der Waals surface area contributed by atoms with Gasteiger partial charge in [0.15, 0.2) is 0 Å². The molecular weight excluding hydrogens is 282 g/mol. The van der Waals surface area contributed by atoms with Crippen molar-refractivity contribution in [2.45, 2.75) is 5.88 Å². The fourth-order valence-electron chi connectivity index (χ4n) is 0.660. The highest BCUT2D eigenvalue weighted by Crippen LogP contribution is 2.22. The minimum atomic E-state index is 0.484. The van der Waals surface area contributed by atoms with Gasteiger partial charge in [0.2, 0.25) is 0 Å². The molecule has 0 fully saturated rings. The van der Waals surface area contributed by atoms with E-state index < -0.39 is 0 Å². The normalized spacial score (nSPS) is 9.90. The first-order chi connectivity index (χ1) is 4.75. The van der Waals surface area contributed by atoms with Gasteiger partial charge < -0.3 is 0 Å². The quantitative estimate of drug-likeness (QED) is 0.546. The molecule has 0 saturated heterocycles. The predicted molar refractivity (Wildman–Crippen MR) is 53.7 cm³/mol. The van der Waals surface area contributed by atoms with Gasteiger partial charge in [-0.2, -0.15) is 0 Å². The van der Waals surface area contributed by atoms with Gasteiger partial charge in [0.1, 0.15) is 0 Å². The van der Waals surface area contributed by atoms with Crippen LogP contribution in [-0.2, 0) is 5.88 Å². The van der Waals surface area contributed by atoms with E-state index in [2.05, 4.69) is 22.6 Å². The molecule has 0 atom stereocenters. The molecule has 0 saturated carbocycles. The molecule has 1 rings (SSSR count). The molecule has 3 heteroatoms. The van der Waals surface area contributed by atoms with E-state index in [0.717, 1.165) is 14.2 Å². The zero-order valence-electron chi connectivity index (χ0n) is 5.07. The molecule has 0 aliphatic carbocycles. The molecule has 0 aliphatic heterocycles. The molecule has 0 aromatic heterocycles. The van der Waals surface area contributed by atoms with E-state index in [4.69, 9.17) is 23.2 Å². The van der Waals surface area contributed by atoms with Gasteiger partial charge in [-0.3, -0.25) is 0 Å². The average Bonchev–Trinajstić information content (AvgIpc) is 1.88. The van der Waals surface area contributed by atoms with Crippen LogP contribution in [-0.4, -0.2) is 0 Å². The smallest absolute Gasteiger partial charge is 0.0499 e. The SMILES string of the molecule is ClCc1c(Cl)cccc1I. The Bertz CT molecular complexity index is 215. The molecule has 0 N–H and O–H groups in total. The Hall–Kier alpha value is 0.530. The van der Waals surface area contributed by atoms with E-state index in [-0.39, 0.29) is 0 Å². The first-order valence-corrected chi connectivity index (χ1v) is 4.73. The molecule has 0 spiro atoms. The third-order valence-electron chi connectivity index (χ3n) is 1.20. The second-order valence-electron chi connectivity index (χ2n) is 1.83. The third-order valence-corrected chi connectivity index (χ3v) is 2.83. The Kier molecular flexibility index (Phi) is 3.27. The zero-order valence-corrected chi connectivity index (χ0v) is 8.74. The van der Waals surface area contributed by atoms with Gasteiger partial charge in [-0.05, 0) is 40.3 Å². The lowest BCUT2D eigenvalue weighted by Crippen LogP contribution is -1.83. The molecule has 0 nitrogen and oxygen atoms in total. The maximum absolute atomic E-state index is 5.84. The van der Waals surface area contributed by atoms with Crippen LogP contribution in [0.2, 0.25) is 5.02 Å². The van der Waals surface area contributed by atoms with Crippen LogP contribution >= 0.6 is 45.8 Å². The highest BCUT2D eigenvalue weighted by atomic mass is 127. The summed E-state index contributed by atoms with van der Waals surface area (Å²) in [6, 6.07) is 5.76. The van der Waals surface area contributed by atoms with Crippen LogP contribution in [0.3, 0.4) is 0 Å². The van der Waals surface area contributed by atoms with Crippen LogP contribution in [0.4, 0.5) is 0 Å². The molecule has 54 valence electrons. The van der Waals surface area contributed by atoms with Crippen LogP contribution in [0, 0.1) is 3.57 Å². The summed E-state index contributed by atoms with van der Waals surface area (Å²) >= 11 is 13.7. The number of rotatable bonds is 1. The van der Waals surface area contributed by atoms with Gasteiger partial charge in [-0.15, -0.1) is 11.6 Å². The van der Waals surface area contributed by atoms with Gasteiger partial charge in [-0.25, -0.2) is 0 Å². The van der Waals surface area contributed by atoms with E-state index in [1.165, 1.54) is 0 Å². The summed E-state index contributed by atoms with van der Waals surface area (Å²) in [5, 5.41) is 0.752.